The Labute approximate surface area is 146 Å². The molecular formula is C19H21ClN2O2. The molecule has 4 nitrogen and oxygen atoms in total. The van der Waals surface area contributed by atoms with Gasteiger partial charge in [-0.3, -0.25) is 4.90 Å². The van der Waals surface area contributed by atoms with Crippen LogP contribution in [0.1, 0.15) is 50.3 Å². The molecule has 1 amide bonds. The summed E-state index contributed by atoms with van der Waals surface area (Å²) in [6, 6.07) is 5.99. The van der Waals surface area contributed by atoms with Crippen LogP contribution in [0.4, 0.5) is 4.79 Å². The molecule has 2 aromatic rings. The van der Waals surface area contributed by atoms with Crippen molar-refractivity contribution in [3.05, 3.63) is 34.5 Å². The van der Waals surface area contributed by atoms with Gasteiger partial charge in [0, 0.05) is 28.2 Å². The van der Waals surface area contributed by atoms with E-state index in [1.807, 2.05) is 23.1 Å². The minimum Gasteiger partial charge on any atom is -0.440 e. The Bertz CT molecular complexity index is 852. The second-order valence-electron chi connectivity index (χ2n) is 7.57. The number of nitrogens with zero attached hydrogens (tertiary/aromatic N) is 1. The summed E-state index contributed by atoms with van der Waals surface area (Å²) in [4.78, 5) is 18.2. The number of hydrogen-bond acceptors (Lipinski definition) is 2. The highest BCUT2D eigenvalue weighted by atomic mass is 35.5. The van der Waals surface area contributed by atoms with Gasteiger partial charge in [0.25, 0.3) is 0 Å². The zero-order valence-corrected chi connectivity index (χ0v) is 14.6. The van der Waals surface area contributed by atoms with E-state index in [-0.39, 0.29) is 6.09 Å². The van der Waals surface area contributed by atoms with Crippen molar-refractivity contribution >= 4 is 28.6 Å². The van der Waals surface area contributed by atoms with Crippen LogP contribution in [0, 0.1) is 0 Å². The molecule has 1 unspecified atom stereocenters. The van der Waals surface area contributed by atoms with Gasteiger partial charge < -0.3 is 9.72 Å². The van der Waals surface area contributed by atoms with Gasteiger partial charge in [0.05, 0.1) is 0 Å². The van der Waals surface area contributed by atoms with E-state index < -0.39 is 11.1 Å². The van der Waals surface area contributed by atoms with Gasteiger partial charge in [-0.2, -0.15) is 0 Å². The first-order valence-corrected chi connectivity index (χ1v) is 9.24. The normalized spacial score (nSPS) is 28.1. The zero-order valence-electron chi connectivity index (χ0n) is 13.8. The van der Waals surface area contributed by atoms with Gasteiger partial charge in [-0.25, -0.2) is 4.79 Å². The number of carbonyl (C=O) groups is 1. The number of hydrogen-bond donors (Lipinski definition) is 1. The molecule has 1 aromatic carbocycles. The van der Waals surface area contributed by atoms with Crippen molar-refractivity contribution < 1.29 is 9.53 Å². The summed E-state index contributed by atoms with van der Waals surface area (Å²) in [6.07, 6.45) is 6.06. The third-order valence-corrected chi connectivity index (χ3v) is 6.77. The third-order valence-electron chi connectivity index (χ3n) is 6.53. The van der Waals surface area contributed by atoms with Crippen molar-refractivity contribution in [1.29, 1.82) is 0 Å². The van der Waals surface area contributed by atoms with Gasteiger partial charge in [0.2, 0.25) is 0 Å². The molecule has 1 aliphatic carbocycles. The van der Waals surface area contributed by atoms with Crippen LogP contribution in [0.5, 0.6) is 0 Å². The summed E-state index contributed by atoms with van der Waals surface area (Å²) >= 11 is 6.23. The molecule has 1 N–H and O–H groups in total. The van der Waals surface area contributed by atoms with Crippen LogP contribution in [0.15, 0.2) is 18.2 Å². The number of carbonyl (C=O) groups excluding carboxylic acids is 1. The number of rotatable bonds is 0. The van der Waals surface area contributed by atoms with Crippen molar-refractivity contribution in [3.8, 4) is 0 Å². The summed E-state index contributed by atoms with van der Waals surface area (Å²) < 4.78 is 6.06. The number of halogens is 1. The number of H-pyrrole nitrogens is 1. The highest BCUT2D eigenvalue weighted by Gasteiger charge is 2.65. The van der Waals surface area contributed by atoms with Crippen LogP contribution < -0.4 is 0 Å². The number of amides is 1. The molecule has 2 aliphatic heterocycles. The predicted octanol–water partition coefficient (Wildman–Crippen LogP) is 4.75. The van der Waals surface area contributed by atoms with Crippen LogP contribution in [-0.4, -0.2) is 28.1 Å². The molecule has 0 radical (unpaired) electrons. The van der Waals surface area contributed by atoms with Crippen molar-refractivity contribution in [1.82, 2.24) is 9.88 Å². The van der Waals surface area contributed by atoms with Crippen molar-refractivity contribution in [2.75, 3.05) is 6.54 Å². The number of aromatic amines is 1. The molecular weight excluding hydrogens is 324 g/mol. The highest BCUT2D eigenvalue weighted by Crippen LogP contribution is 2.56. The molecule has 0 bridgehead atoms. The van der Waals surface area contributed by atoms with Crippen LogP contribution >= 0.6 is 11.6 Å². The lowest BCUT2D eigenvalue weighted by Crippen LogP contribution is -2.57. The monoisotopic (exact) mass is 344 g/mol. The lowest BCUT2D eigenvalue weighted by molar-refractivity contribution is -0.0451. The van der Waals surface area contributed by atoms with Crippen LogP contribution in [0.25, 0.3) is 10.9 Å². The van der Waals surface area contributed by atoms with Gasteiger partial charge in [0.1, 0.15) is 11.1 Å². The molecule has 3 heterocycles. The zero-order chi connectivity index (χ0) is 16.5. The van der Waals surface area contributed by atoms with Crippen LogP contribution in [0.3, 0.4) is 0 Å². The molecule has 1 spiro atoms. The Hall–Kier alpha value is -1.68. The minimum atomic E-state index is -0.413. The standard InChI is InChI=1S/C19H21ClN2O2/c1-18-16-13(14-11-12(20)5-6-15(14)21-16)7-10-22(18)17(23)24-19(18)8-3-2-4-9-19/h5-6,11,21H,2-4,7-10H2,1H3. The van der Waals surface area contributed by atoms with Crippen molar-refractivity contribution in [2.45, 2.75) is 56.6 Å². The average molecular weight is 345 g/mol. The second kappa shape index (κ2) is 4.69. The number of nitrogens with one attached hydrogen (secondary N) is 1. The Morgan fingerprint density at radius 3 is 2.83 bits per heavy atom. The Kier molecular flexibility index (Phi) is 2.86. The maximum Gasteiger partial charge on any atom is 0.411 e. The van der Waals surface area contributed by atoms with E-state index in [2.05, 4.69) is 11.9 Å². The lowest BCUT2D eigenvalue weighted by atomic mass is 9.67. The summed E-state index contributed by atoms with van der Waals surface area (Å²) in [5.74, 6) is 0. The summed E-state index contributed by atoms with van der Waals surface area (Å²) in [7, 11) is 0. The molecule has 1 saturated heterocycles. The largest absolute Gasteiger partial charge is 0.440 e. The fourth-order valence-corrected chi connectivity index (χ4v) is 5.43. The van der Waals surface area contributed by atoms with Gasteiger partial charge in [-0.15, -0.1) is 0 Å². The van der Waals surface area contributed by atoms with Gasteiger partial charge in [-0.05, 0) is 62.8 Å². The highest BCUT2D eigenvalue weighted by molar-refractivity contribution is 6.31. The SMILES string of the molecule is CC12c3[nH]c4ccc(Cl)cc4c3CCN1C(=O)OC21CCCCC1. The maximum absolute atomic E-state index is 12.6. The topological polar surface area (TPSA) is 45.3 Å². The third kappa shape index (κ3) is 1.62. The minimum absolute atomic E-state index is 0.151. The number of fused-ring (bicyclic) bond motifs is 6. The van der Waals surface area contributed by atoms with E-state index in [0.717, 1.165) is 48.3 Å². The van der Waals surface area contributed by atoms with E-state index in [0.29, 0.717) is 6.54 Å². The molecule has 1 atom stereocenters. The molecule has 5 rings (SSSR count). The van der Waals surface area contributed by atoms with E-state index >= 15 is 0 Å². The lowest BCUT2D eigenvalue weighted by Gasteiger charge is -2.47. The summed E-state index contributed by atoms with van der Waals surface area (Å²) in [5.41, 5.74) is 2.73. The van der Waals surface area contributed by atoms with E-state index in [4.69, 9.17) is 16.3 Å². The fourth-order valence-electron chi connectivity index (χ4n) is 5.26. The smallest absolute Gasteiger partial charge is 0.411 e. The predicted molar refractivity (Wildman–Crippen MR) is 93.4 cm³/mol. The molecule has 2 fully saturated rings. The van der Waals surface area contributed by atoms with Crippen LogP contribution in [-0.2, 0) is 16.7 Å². The Balaban J connectivity index is 1.77. The first kappa shape index (κ1) is 14.6. The molecule has 126 valence electrons. The average Bonchev–Trinajstić information content (AvgIpc) is 3.03. The van der Waals surface area contributed by atoms with Crippen molar-refractivity contribution in [3.63, 3.8) is 0 Å². The van der Waals surface area contributed by atoms with E-state index in [9.17, 15) is 4.79 Å². The molecule has 1 aromatic heterocycles. The van der Waals surface area contributed by atoms with Gasteiger partial charge >= 0.3 is 6.09 Å². The number of benzene rings is 1. The number of aromatic nitrogens is 1. The van der Waals surface area contributed by atoms with Crippen molar-refractivity contribution in [2.24, 2.45) is 0 Å². The second-order valence-corrected chi connectivity index (χ2v) is 8.00. The van der Waals surface area contributed by atoms with Gasteiger partial charge in [-0.1, -0.05) is 18.0 Å². The first-order valence-electron chi connectivity index (χ1n) is 8.86. The molecule has 3 aliphatic rings. The first-order chi connectivity index (χ1) is 11.6. The van der Waals surface area contributed by atoms with Crippen LogP contribution in [0.2, 0.25) is 5.02 Å². The Morgan fingerprint density at radius 2 is 2.04 bits per heavy atom. The van der Waals surface area contributed by atoms with E-state index in [1.165, 1.54) is 17.4 Å². The summed E-state index contributed by atoms with van der Waals surface area (Å²) in [6.45, 7) is 2.90. The van der Waals surface area contributed by atoms with E-state index in [1.54, 1.807) is 0 Å². The molecule has 5 heteroatoms. The quantitative estimate of drug-likeness (QED) is 0.749. The van der Waals surface area contributed by atoms with Gasteiger partial charge in [0.15, 0.2) is 0 Å². The Morgan fingerprint density at radius 1 is 1.25 bits per heavy atom. The fraction of sp³-hybridized carbons (Fsp3) is 0.526. The molecule has 24 heavy (non-hydrogen) atoms. The molecule has 1 saturated carbocycles. The maximum atomic E-state index is 12.6. The summed E-state index contributed by atoms with van der Waals surface area (Å²) in [5, 5.41) is 1.94. The number of ether oxygens (including phenoxy) is 1.